The quantitative estimate of drug-likeness (QED) is 0.532. The summed E-state index contributed by atoms with van der Waals surface area (Å²) in [4.78, 5) is 21.7. The zero-order valence-corrected chi connectivity index (χ0v) is 14.2. The fourth-order valence-electron chi connectivity index (χ4n) is 2.61. The summed E-state index contributed by atoms with van der Waals surface area (Å²) >= 11 is 0. The van der Waals surface area contributed by atoms with Gasteiger partial charge in [0, 0.05) is 29.5 Å². The Morgan fingerprint density at radius 3 is 2.72 bits per heavy atom. The van der Waals surface area contributed by atoms with Crippen LogP contribution in [0.4, 0.5) is 17.3 Å². The molecule has 0 aliphatic carbocycles. The first-order chi connectivity index (χ1) is 12.0. The van der Waals surface area contributed by atoms with E-state index in [1.807, 2.05) is 50.5 Å². The van der Waals surface area contributed by atoms with Crippen LogP contribution in [0.2, 0.25) is 0 Å². The van der Waals surface area contributed by atoms with Gasteiger partial charge in [-0.05, 0) is 43.9 Å². The zero-order valence-electron chi connectivity index (χ0n) is 14.2. The maximum Gasteiger partial charge on any atom is 0.227 e. The molecule has 0 atom stereocenters. The van der Waals surface area contributed by atoms with Gasteiger partial charge in [-0.2, -0.15) is 0 Å². The summed E-state index contributed by atoms with van der Waals surface area (Å²) in [6, 6.07) is 11.3. The van der Waals surface area contributed by atoms with Gasteiger partial charge in [-0.3, -0.25) is 4.79 Å². The molecule has 2 aromatic carbocycles. The van der Waals surface area contributed by atoms with Crippen LogP contribution in [0.15, 0.2) is 42.6 Å². The Morgan fingerprint density at radius 2 is 1.96 bits per heavy atom. The molecular weight excluding hydrogens is 313 g/mol. The summed E-state index contributed by atoms with van der Waals surface area (Å²) in [5.74, 6) is 0.483. The maximum atomic E-state index is 10.8. The summed E-state index contributed by atoms with van der Waals surface area (Å²) in [7, 11) is 9.76. The van der Waals surface area contributed by atoms with E-state index in [0.29, 0.717) is 23.5 Å². The second kappa shape index (κ2) is 7.31. The summed E-state index contributed by atoms with van der Waals surface area (Å²) < 4.78 is 0. The van der Waals surface area contributed by atoms with Gasteiger partial charge in [0.2, 0.25) is 12.4 Å². The Hall–Kier alpha value is -2.93. The van der Waals surface area contributed by atoms with Crippen LogP contribution in [0.25, 0.3) is 10.9 Å². The molecule has 1 aromatic heterocycles. The van der Waals surface area contributed by atoms with Crippen molar-refractivity contribution in [1.82, 2.24) is 14.9 Å². The number of nitrogens with zero attached hydrogens (tertiary/aromatic N) is 3. The van der Waals surface area contributed by atoms with Gasteiger partial charge in [-0.25, -0.2) is 9.97 Å². The molecule has 0 saturated heterocycles. The van der Waals surface area contributed by atoms with Gasteiger partial charge in [0.05, 0.1) is 5.52 Å². The van der Waals surface area contributed by atoms with Crippen LogP contribution >= 0.6 is 0 Å². The number of hydrogen-bond donors (Lipinski definition) is 2. The van der Waals surface area contributed by atoms with Crippen molar-refractivity contribution in [2.75, 3.05) is 24.7 Å². The Balaban J connectivity index is 1.91. The van der Waals surface area contributed by atoms with E-state index in [0.717, 1.165) is 28.7 Å². The van der Waals surface area contributed by atoms with E-state index in [9.17, 15) is 4.79 Å². The average Bonchev–Trinajstić information content (AvgIpc) is 2.54. The van der Waals surface area contributed by atoms with Gasteiger partial charge in [-0.15, -0.1) is 0 Å². The second-order valence-electron chi connectivity index (χ2n) is 6.06. The Morgan fingerprint density at radius 1 is 1.16 bits per heavy atom. The van der Waals surface area contributed by atoms with Crippen LogP contribution < -0.4 is 16.1 Å². The lowest BCUT2D eigenvalue weighted by Gasteiger charge is -2.14. The average molecular weight is 331 g/mol. The number of nitrogens with one attached hydrogen (secondary N) is 2. The number of rotatable bonds is 6. The molecule has 124 valence electrons. The van der Waals surface area contributed by atoms with E-state index in [2.05, 4.69) is 25.5 Å². The van der Waals surface area contributed by atoms with Crippen molar-refractivity contribution in [3.8, 4) is 0 Å². The number of fused-ring (bicyclic) bond motifs is 1. The number of carbonyl (C=O) groups excluding carboxylic acids is 1. The summed E-state index contributed by atoms with van der Waals surface area (Å²) in [6.07, 6.45) is 2.39. The third kappa shape index (κ3) is 4.33. The van der Waals surface area contributed by atoms with Crippen molar-refractivity contribution in [2.24, 2.45) is 0 Å². The third-order valence-corrected chi connectivity index (χ3v) is 3.58. The Kier molecular flexibility index (Phi) is 4.95. The van der Waals surface area contributed by atoms with Crippen LogP contribution in [0.1, 0.15) is 5.56 Å². The molecule has 7 heteroatoms. The van der Waals surface area contributed by atoms with Crippen LogP contribution in [0.5, 0.6) is 0 Å². The highest BCUT2D eigenvalue weighted by atomic mass is 16.1. The molecule has 1 heterocycles. The monoisotopic (exact) mass is 331 g/mol. The SMILES string of the molecule is [B]c1ccc2nc(Nc3cc(CN(C)C)cc(NC=O)c3)ncc2c1. The standard InChI is InChI=1S/C18H18BN5O/c1-24(2)10-12-5-15(21-11-25)8-16(6-12)22-18-20-9-13-7-14(19)3-4-17(13)23-18/h3-9,11H,10H2,1-2H3,(H,21,25)(H,20,22,23). The van der Waals surface area contributed by atoms with Crippen molar-refractivity contribution < 1.29 is 4.79 Å². The molecule has 3 aromatic rings. The molecule has 0 aliphatic rings. The highest BCUT2D eigenvalue weighted by Crippen LogP contribution is 2.22. The van der Waals surface area contributed by atoms with Gasteiger partial charge in [0.15, 0.2) is 0 Å². The van der Waals surface area contributed by atoms with Gasteiger partial charge < -0.3 is 15.5 Å². The van der Waals surface area contributed by atoms with Crippen molar-refractivity contribution in [2.45, 2.75) is 6.54 Å². The molecule has 0 saturated carbocycles. The van der Waals surface area contributed by atoms with E-state index < -0.39 is 0 Å². The van der Waals surface area contributed by atoms with Crippen molar-refractivity contribution >= 4 is 47.9 Å². The molecule has 2 radical (unpaired) electrons. The molecular formula is C18H18BN5O. The number of amides is 1. The molecule has 0 bridgehead atoms. The van der Waals surface area contributed by atoms with Gasteiger partial charge in [-0.1, -0.05) is 17.6 Å². The minimum atomic E-state index is 0.483. The summed E-state index contributed by atoms with van der Waals surface area (Å²) in [5, 5.41) is 6.77. The molecule has 25 heavy (non-hydrogen) atoms. The fourth-order valence-corrected chi connectivity index (χ4v) is 2.61. The van der Waals surface area contributed by atoms with E-state index in [1.54, 1.807) is 6.20 Å². The molecule has 0 spiro atoms. The first kappa shape index (κ1) is 16.9. The fraction of sp³-hybridized carbons (Fsp3) is 0.167. The van der Waals surface area contributed by atoms with Crippen LogP contribution in [-0.2, 0) is 11.3 Å². The first-order valence-electron chi connectivity index (χ1n) is 7.82. The number of benzene rings is 2. The molecule has 0 fully saturated rings. The van der Waals surface area contributed by atoms with Crippen LogP contribution in [0, 0.1) is 0 Å². The number of anilines is 3. The maximum absolute atomic E-state index is 10.8. The minimum absolute atomic E-state index is 0.483. The lowest BCUT2D eigenvalue weighted by atomic mass is 9.95. The van der Waals surface area contributed by atoms with Crippen molar-refractivity contribution in [3.63, 3.8) is 0 Å². The topological polar surface area (TPSA) is 70.2 Å². The van der Waals surface area contributed by atoms with Crippen molar-refractivity contribution in [1.29, 1.82) is 0 Å². The van der Waals surface area contributed by atoms with Gasteiger partial charge in [0.25, 0.3) is 0 Å². The molecule has 6 nitrogen and oxygen atoms in total. The van der Waals surface area contributed by atoms with E-state index in [1.165, 1.54) is 0 Å². The van der Waals surface area contributed by atoms with E-state index in [-0.39, 0.29) is 0 Å². The number of hydrogen-bond acceptors (Lipinski definition) is 5. The van der Waals surface area contributed by atoms with Crippen LogP contribution in [-0.4, -0.2) is 43.2 Å². The normalized spacial score (nSPS) is 10.8. The smallest absolute Gasteiger partial charge is 0.227 e. The predicted molar refractivity (Wildman–Crippen MR) is 102 cm³/mol. The summed E-state index contributed by atoms with van der Waals surface area (Å²) in [5.41, 5.74) is 4.07. The molecule has 2 N–H and O–H groups in total. The third-order valence-electron chi connectivity index (χ3n) is 3.58. The molecule has 1 amide bonds. The highest BCUT2D eigenvalue weighted by Gasteiger charge is 2.05. The summed E-state index contributed by atoms with van der Waals surface area (Å²) in [6.45, 7) is 0.751. The predicted octanol–water partition coefficient (Wildman–Crippen LogP) is 1.80. The van der Waals surface area contributed by atoms with Gasteiger partial charge in [0.1, 0.15) is 7.85 Å². The Labute approximate surface area is 147 Å². The highest BCUT2D eigenvalue weighted by molar-refractivity contribution is 6.33. The van der Waals surface area contributed by atoms with E-state index in [4.69, 9.17) is 7.85 Å². The van der Waals surface area contributed by atoms with E-state index >= 15 is 0 Å². The van der Waals surface area contributed by atoms with Gasteiger partial charge >= 0.3 is 0 Å². The number of carbonyl (C=O) groups is 1. The first-order valence-corrected chi connectivity index (χ1v) is 7.82. The lowest BCUT2D eigenvalue weighted by Crippen LogP contribution is -2.11. The zero-order chi connectivity index (χ0) is 17.8. The largest absolute Gasteiger partial charge is 0.329 e. The van der Waals surface area contributed by atoms with Crippen LogP contribution in [0.3, 0.4) is 0 Å². The molecule has 0 aliphatic heterocycles. The molecule has 3 rings (SSSR count). The minimum Gasteiger partial charge on any atom is -0.329 e. The Bertz CT molecular complexity index is 913. The lowest BCUT2D eigenvalue weighted by molar-refractivity contribution is -0.105. The van der Waals surface area contributed by atoms with Crippen molar-refractivity contribution in [3.05, 3.63) is 48.2 Å². The second-order valence-corrected chi connectivity index (χ2v) is 6.06. The number of aromatic nitrogens is 2. The molecule has 0 unspecified atom stereocenters.